The molecule has 4 atom stereocenters. The van der Waals surface area contributed by atoms with Gasteiger partial charge in [0.05, 0.1) is 49.2 Å². The van der Waals surface area contributed by atoms with Crippen molar-refractivity contribution in [2.75, 3.05) is 27.3 Å². The van der Waals surface area contributed by atoms with Gasteiger partial charge >= 0.3 is 12.2 Å². The van der Waals surface area contributed by atoms with E-state index >= 15 is 0 Å². The summed E-state index contributed by atoms with van der Waals surface area (Å²) in [5.41, 5.74) is 4.63. The Morgan fingerprint density at radius 2 is 1.31 bits per heavy atom. The highest BCUT2D eigenvalue weighted by Gasteiger charge is 2.56. The van der Waals surface area contributed by atoms with Crippen molar-refractivity contribution in [3.05, 3.63) is 71.4 Å². The summed E-state index contributed by atoms with van der Waals surface area (Å²) in [7, 11) is 2.56. The maximum absolute atomic E-state index is 13.9. The molecular formula is C44H52N8O7. The first-order valence-electron chi connectivity index (χ1n) is 20.4. The first kappa shape index (κ1) is 39.8. The summed E-state index contributed by atoms with van der Waals surface area (Å²) in [5.74, 6) is 6.95. The van der Waals surface area contributed by atoms with Crippen LogP contribution in [0.1, 0.15) is 101 Å². The zero-order valence-corrected chi connectivity index (χ0v) is 34.4. The van der Waals surface area contributed by atoms with Crippen LogP contribution in [0.3, 0.4) is 0 Å². The molecule has 15 heteroatoms. The Bertz CT molecular complexity index is 2350. The molecule has 2 aromatic heterocycles. The molecule has 0 bridgehead atoms. The van der Waals surface area contributed by atoms with Crippen LogP contribution >= 0.6 is 0 Å². The summed E-state index contributed by atoms with van der Waals surface area (Å²) < 4.78 is 10.6. The van der Waals surface area contributed by atoms with E-state index in [0.717, 1.165) is 70.4 Å². The zero-order valence-electron chi connectivity index (χ0n) is 34.4. The molecule has 310 valence electrons. The van der Waals surface area contributed by atoms with Crippen molar-refractivity contribution in [1.29, 1.82) is 0 Å². The Labute approximate surface area is 343 Å². The van der Waals surface area contributed by atoms with E-state index in [1.165, 1.54) is 14.2 Å². The van der Waals surface area contributed by atoms with Crippen LogP contribution in [0.5, 0.6) is 0 Å². The van der Waals surface area contributed by atoms with Crippen LogP contribution in [-0.4, -0.2) is 98.1 Å². The van der Waals surface area contributed by atoms with Crippen molar-refractivity contribution in [2.24, 2.45) is 22.7 Å². The number of fused-ring (bicyclic) bond motifs is 1. The highest BCUT2D eigenvalue weighted by Crippen LogP contribution is 2.59. The Morgan fingerprint density at radius 1 is 0.780 bits per heavy atom. The molecule has 0 unspecified atom stereocenters. The molecule has 2 aliphatic heterocycles. The third kappa shape index (κ3) is 7.92. The molecule has 8 rings (SSSR count). The number of aromatic nitrogens is 4. The maximum Gasteiger partial charge on any atom is 0.407 e. The second-order valence-electron chi connectivity index (χ2n) is 17.6. The molecule has 4 amide bonds. The average molecular weight is 805 g/mol. The van der Waals surface area contributed by atoms with E-state index in [9.17, 15) is 24.4 Å². The quantitative estimate of drug-likeness (QED) is 0.118. The number of hydrogen-bond donors (Lipinski definition) is 4. The van der Waals surface area contributed by atoms with Crippen molar-refractivity contribution >= 4 is 35.0 Å². The van der Waals surface area contributed by atoms with Gasteiger partial charge in [-0.25, -0.2) is 19.6 Å². The fourth-order valence-electron chi connectivity index (χ4n) is 8.77. The van der Waals surface area contributed by atoms with Crippen LogP contribution in [-0.2, 0) is 19.1 Å². The van der Waals surface area contributed by atoms with Gasteiger partial charge in [0.15, 0.2) is 5.82 Å². The lowest BCUT2D eigenvalue weighted by molar-refractivity contribution is -0.136. The minimum absolute atomic E-state index is 0.00353. The van der Waals surface area contributed by atoms with E-state index in [1.54, 1.807) is 11.1 Å². The van der Waals surface area contributed by atoms with Crippen molar-refractivity contribution in [3.63, 3.8) is 0 Å². The summed E-state index contributed by atoms with van der Waals surface area (Å²) >= 11 is 0. The number of nitrogens with one attached hydrogen (secondary N) is 3. The number of amides is 4. The third-order valence-corrected chi connectivity index (χ3v) is 12.6. The van der Waals surface area contributed by atoms with Gasteiger partial charge in [-0.1, -0.05) is 51.7 Å². The van der Waals surface area contributed by atoms with Crippen LogP contribution in [0, 0.1) is 34.5 Å². The van der Waals surface area contributed by atoms with E-state index < -0.39 is 30.3 Å². The first-order chi connectivity index (χ1) is 28.2. The predicted molar refractivity (Wildman–Crippen MR) is 217 cm³/mol. The number of rotatable bonds is 9. The number of imidazole rings is 2. The molecule has 4 N–H and O–H groups in total. The number of H-pyrrole nitrogens is 1. The number of methoxy groups -OCH3 is 2. The van der Waals surface area contributed by atoms with Crippen LogP contribution < -0.4 is 10.6 Å². The van der Waals surface area contributed by atoms with Crippen molar-refractivity contribution in [2.45, 2.75) is 90.4 Å². The van der Waals surface area contributed by atoms with Crippen molar-refractivity contribution in [3.8, 4) is 23.1 Å². The Morgan fingerprint density at radius 3 is 1.85 bits per heavy atom. The van der Waals surface area contributed by atoms with Crippen LogP contribution in [0.4, 0.5) is 9.59 Å². The van der Waals surface area contributed by atoms with Gasteiger partial charge in [-0.3, -0.25) is 9.59 Å². The second-order valence-corrected chi connectivity index (χ2v) is 17.6. The predicted octanol–water partition coefficient (Wildman–Crippen LogP) is 5.93. The molecule has 4 aliphatic rings. The number of alkyl carbamates (subject to hydrolysis) is 2. The highest BCUT2D eigenvalue weighted by atomic mass is 16.5. The Kier molecular flexibility index (Phi) is 10.3. The summed E-state index contributed by atoms with van der Waals surface area (Å²) in [6.45, 7) is 8.75. The van der Waals surface area contributed by atoms with E-state index in [-0.39, 0.29) is 40.5 Å². The lowest BCUT2D eigenvalue weighted by Gasteiger charge is -2.30. The largest absolute Gasteiger partial charge is 0.453 e. The molecule has 4 heterocycles. The minimum Gasteiger partial charge on any atom is -0.453 e. The number of aromatic amines is 1. The monoisotopic (exact) mass is 804 g/mol. The minimum atomic E-state index is -0.773. The van der Waals surface area contributed by atoms with E-state index in [2.05, 4.69) is 27.5 Å². The van der Waals surface area contributed by atoms with E-state index in [0.29, 0.717) is 31.0 Å². The molecule has 2 aromatic carbocycles. The van der Waals surface area contributed by atoms with Gasteiger partial charge in [-0.2, -0.15) is 4.73 Å². The standard InChI is InChI=1S/C44H52N8O7/c1-25(2)35(48-41(55)58-5)39(53)50-23-43(15-16-43)20-33(50)37-45-30-14-11-28(19-31(30)46-37)8-7-27-9-12-29(13-10-27)32-22-52(57)38(47-32)34-21-44(17-18-44)24-51(34)40(54)36(26(3)4)49-42(56)59-6/h9-14,19,22,25-26,33-36,57H,15-18,20-21,23-24H2,1-6H3,(H,45,46)(H,48,55)(H,49,56)/t33-,34-,35-,36-/m0/s1. The second kappa shape index (κ2) is 15.3. The molecule has 2 aliphatic carbocycles. The molecular weight excluding hydrogens is 753 g/mol. The molecule has 4 fully saturated rings. The van der Waals surface area contributed by atoms with Gasteiger partial charge in [0, 0.05) is 29.8 Å². The number of ether oxygens (including phenoxy) is 2. The summed E-state index contributed by atoms with van der Waals surface area (Å²) in [6.07, 6.45) is 5.91. The normalized spacial score (nSPS) is 20.7. The topological polar surface area (TPSA) is 184 Å². The van der Waals surface area contributed by atoms with Gasteiger partial charge in [-0.15, -0.1) is 0 Å². The molecule has 15 nitrogen and oxygen atoms in total. The van der Waals surface area contributed by atoms with Gasteiger partial charge in [0.25, 0.3) is 0 Å². The third-order valence-electron chi connectivity index (χ3n) is 12.6. The van der Waals surface area contributed by atoms with Crippen molar-refractivity contribution in [1.82, 2.24) is 40.1 Å². The van der Waals surface area contributed by atoms with Gasteiger partial charge < -0.3 is 40.1 Å². The number of carbonyl (C=O) groups is 4. The SMILES string of the molecule is COC(=O)N[C@H](C(=O)N1CC2(CC2)C[C@H]1c1nc2cc(C#Cc3ccc(-c4cn(O)c([C@@H]5CC6(CC6)CN5C(=O)[C@@H](NC(=O)OC)C(C)C)n4)cc3)ccc2[nH]1)C(C)C. The zero-order chi connectivity index (χ0) is 41.8. The lowest BCUT2D eigenvalue weighted by Crippen LogP contribution is -2.51. The fraction of sp³-hybridized carbons (Fsp3) is 0.500. The highest BCUT2D eigenvalue weighted by molar-refractivity contribution is 5.87. The van der Waals surface area contributed by atoms with Crippen LogP contribution in [0.25, 0.3) is 22.3 Å². The van der Waals surface area contributed by atoms with Gasteiger partial charge in [0.2, 0.25) is 11.8 Å². The maximum atomic E-state index is 13.9. The number of benzene rings is 2. The number of hydrogen-bond acceptors (Lipinski definition) is 9. The molecule has 2 saturated carbocycles. The van der Waals surface area contributed by atoms with E-state index in [1.807, 2.05) is 75.1 Å². The van der Waals surface area contributed by atoms with Crippen molar-refractivity contribution < 1.29 is 33.9 Å². The summed E-state index contributed by atoms with van der Waals surface area (Å²) in [6, 6.07) is 11.3. The van der Waals surface area contributed by atoms with Crippen LogP contribution in [0.2, 0.25) is 0 Å². The van der Waals surface area contributed by atoms with Gasteiger partial charge in [0.1, 0.15) is 17.9 Å². The van der Waals surface area contributed by atoms with Crippen LogP contribution in [0.15, 0.2) is 48.7 Å². The van der Waals surface area contributed by atoms with E-state index in [4.69, 9.17) is 19.4 Å². The Balaban J connectivity index is 0.972. The molecule has 2 spiro atoms. The molecule has 0 radical (unpaired) electrons. The first-order valence-corrected chi connectivity index (χ1v) is 20.4. The average Bonchev–Trinajstić information content (AvgIpc) is 3.90. The Hall–Kier alpha value is -6.04. The molecule has 59 heavy (non-hydrogen) atoms. The summed E-state index contributed by atoms with van der Waals surface area (Å²) in [4.78, 5) is 68.8. The number of likely N-dealkylation sites (tertiary alicyclic amines) is 2. The summed E-state index contributed by atoms with van der Waals surface area (Å²) in [5, 5.41) is 16.5. The fourth-order valence-corrected chi connectivity index (χ4v) is 8.77. The number of carbonyl (C=O) groups excluding carboxylic acids is 4. The lowest BCUT2D eigenvalue weighted by atomic mass is 10.0. The smallest absolute Gasteiger partial charge is 0.407 e. The molecule has 4 aromatic rings. The molecule has 2 saturated heterocycles. The number of nitrogens with zero attached hydrogens (tertiary/aromatic N) is 5. The van der Waals surface area contributed by atoms with Gasteiger partial charge in [-0.05, 0) is 91.5 Å².